The van der Waals surface area contributed by atoms with Crippen molar-refractivity contribution >= 4 is 22.4 Å². The van der Waals surface area contributed by atoms with E-state index >= 15 is 0 Å². The molecule has 0 aliphatic heterocycles. The van der Waals surface area contributed by atoms with Gasteiger partial charge in [-0.05, 0) is 36.8 Å². The molecule has 0 saturated carbocycles. The van der Waals surface area contributed by atoms with Gasteiger partial charge in [0.05, 0.1) is 11.6 Å². The van der Waals surface area contributed by atoms with Crippen molar-refractivity contribution in [1.82, 2.24) is 4.98 Å². The largest absolute Gasteiger partial charge is 0.398 e. The molecule has 1 unspecified atom stereocenters. The molecule has 1 aromatic heterocycles. The number of rotatable bonds is 3. The second kappa shape index (κ2) is 5.21. The summed E-state index contributed by atoms with van der Waals surface area (Å²) in [7, 11) is 0. The topological polar surface area (TPSA) is 50.9 Å². The number of hydrogen-bond donors (Lipinski definition) is 2. The van der Waals surface area contributed by atoms with Crippen molar-refractivity contribution in [3.8, 4) is 0 Å². The number of nitrogen functional groups attached to an aromatic ring is 1. The number of hydrogen-bond acceptors (Lipinski definition) is 3. The monoisotopic (exact) mass is 263 g/mol. The van der Waals surface area contributed by atoms with Gasteiger partial charge in [0.1, 0.15) is 5.82 Å². The molecule has 3 N–H and O–H groups in total. The molecule has 3 rings (SSSR count). The van der Waals surface area contributed by atoms with Crippen molar-refractivity contribution in [3.05, 3.63) is 66.2 Å². The standard InChI is InChI=1S/C17H17N3/c1-12(14-7-3-4-8-15(14)18)19-17-11-10-13-6-2-5-9-16(13)20-17/h2-12H,18H2,1H3,(H,19,20). The molecule has 2 aromatic carbocycles. The molecule has 0 aliphatic carbocycles. The molecule has 3 heteroatoms. The Morgan fingerprint density at radius 1 is 0.950 bits per heavy atom. The molecule has 100 valence electrons. The van der Waals surface area contributed by atoms with E-state index in [0.717, 1.165) is 28.0 Å². The van der Waals surface area contributed by atoms with Crippen LogP contribution in [-0.2, 0) is 0 Å². The van der Waals surface area contributed by atoms with Gasteiger partial charge in [-0.15, -0.1) is 0 Å². The Morgan fingerprint density at radius 3 is 2.55 bits per heavy atom. The molecule has 3 nitrogen and oxygen atoms in total. The summed E-state index contributed by atoms with van der Waals surface area (Å²) in [6.45, 7) is 2.09. The van der Waals surface area contributed by atoms with Crippen molar-refractivity contribution < 1.29 is 0 Å². The zero-order chi connectivity index (χ0) is 13.9. The number of para-hydroxylation sites is 2. The third kappa shape index (κ3) is 2.43. The van der Waals surface area contributed by atoms with E-state index in [0.29, 0.717) is 0 Å². The maximum Gasteiger partial charge on any atom is 0.127 e. The minimum atomic E-state index is 0.116. The van der Waals surface area contributed by atoms with Gasteiger partial charge in [-0.3, -0.25) is 0 Å². The summed E-state index contributed by atoms with van der Waals surface area (Å²) in [6, 6.07) is 20.2. The normalized spacial score (nSPS) is 12.2. The first-order valence-electron chi connectivity index (χ1n) is 6.71. The van der Waals surface area contributed by atoms with E-state index in [1.165, 1.54) is 0 Å². The number of fused-ring (bicyclic) bond motifs is 1. The van der Waals surface area contributed by atoms with E-state index in [4.69, 9.17) is 5.73 Å². The van der Waals surface area contributed by atoms with Crippen molar-refractivity contribution in [3.63, 3.8) is 0 Å². The van der Waals surface area contributed by atoms with Gasteiger partial charge in [0.2, 0.25) is 0 Å². The van der Waals surface area contributed by atoms with Crippen LogP contribution in [-0.4, -0.2) is 4.98 Å². The quantitative estimate of drug-likeness (QED) is 0.702. The van der Waals surface area contributed by atoms with E-state index in [-0.39, 0.29) is 6.04 Å². The molecule has 20 heavy (non-hydrogen) atoms. The van der Waals surface area contributed by atoms with Crippen LogP contribution in [0.5, 0.6) is 0 Å². The minimum Gasteiger partial charge on any atom is -0.398 e. The van der Waals surface area contributed by atoms with Crippen molar-refractivity contribution in [1.29, 1.82) is 0 Å². The number of benzene rings is 2. The SMILES string of the molecule is CC(Nc1ccc2ccccc2n1)c1ccccc1N. The summed E-state index contributed by atoms with van der Waals surface area (Å²) >= 11 is 0. The number of nitrogens with one attached hydrogen (secondary N) is 1. The van der Waals surface area contributed by atoms with Gasteiger partial charge < -0.3 is 11.1 Å². The van der Waals surface area contributed by atoms with Gasteiger partial charge in [0, 0.05) is 11.1 Å². The second-order valence-corrected chi connectivity index (χ2v) is 4.88. The fourth-order valence-corrected chi connectivity index (χ4v) is 2.35. The number of nitrogens with zero attached hydrogens (tertiary/aromatic N) is 1. The summed E-state index contributed by atoms with van der Waals surface area (Å²) in [5.41, 5.74) is 8.88. The van der Waals surface area contributed by atoms with Crippen LogP contribution in [0.1, 0.15) is 18.5 Å². The van der Waals surface area contributed by atoms with Gasteiger partial charge >= 0.3 is 0 Å². The fourth-order valence-electron chi connectivity index (χ4n) is 2.35. The van der Waals surface area contributed by atoms with Crippen molar-refractivity contribution in [2.75, 3.05) is 11.1 Å². The lowest BCUT2D eigenvalue weighted by atomic mass is 10.1. The van der Waals surface area contributed by atoms with Gasteiger partial charge in [0.15, 0.2) is 0 Å². The first kappa shape index (κ1) is 12.5. The van der Waals surface area contributed by atoms with Crippen LogP contribution in [0.15, 0.2) is 60.7 Å². The smallest absolute Gasteiger partial charge is 0.127 e. The minimum absolute atomic E-state index is 0.116. The molecule has 0 aliphatic rings. The van der Waals surface area contributed by atoms with Gasteiger partial charge in [0.25, 0.3) is 0 Å². The van der Waals surface area contributed by atoms with Crippen molar-refractivity contribution in [2.45, 2.75) is 13.0 Å². The molecule has 1 atom stereocenters. The van der Waals surface area contributed by atoms with Gasteiger partial charge in [-0.2, -0.15) is 0 Å². The highest BCUT2D eigenvalue weighted by Crippen LogP contribution is 2.24. The highest BCUT2D eigenvalue weighted by Gasteiger charge is 2.09. The predicted octanol–water partition coefficient (Wildman–Crippen LogP) is 3.99. The summed E-state index contributed by atoms with van der Waals surface area (Å²) in [6.07, 6.45) is 0. The fraction of sp³-hybridized carbons (Fsp3) is 0.118. The molecule has 0 fully saturated rings. The van der Waals surface area contributed by atoms with E-state index in [1.807, 2.05) is 48.5 Å². The van der Waals surface area contributed by atoms with Gasteiger partial charge in [-0.25, -0.2) is 4.98 Å². The van der Waals surface area contributed by atoms with Crippen LogP contribution in [0.3, 0.4) is 0 Å². The Bertz CT molecular complexity index is 737. The van der Waals surface area contributed by atoms with Crippen LogP contribution in [0.4, 0.5) is 11.5 Å². The summed E-state index contributed by atoms with van der Waals surface area (Å²) in [5, 5.41) is 4.54. The Labute approximate surface area is 118 Å². The maximum atomic E-state index is 6.01. The third-order valence-corrected chi connectivity index (χ3v) is 3.43. The molecule has 0 saturated heterocycles. The Balaban J connectivity index is 1.87. The summed E-state index contributed by atoms with van der Waals surface area (Å²) < 4.78 is 0. The maximum absolute atomic E-state index is 6.01. The summed E-state index contributed by atoms with van der Waals surface area (Å²) in [5.74, 6) is 0.861. The Hall–Kier alpha value is -2.55. The van der Waals surface area contributed by atoms with E-state index < -0.39 is 0 Å². The molecular weight excluding hydrogens is 246 g/mol. The first-order valence-corrected chi connectivity index (χ1v) is 6.71. The van der Waals surface area contributed by atoms with E-state index in [9.17, 15) is 0 Å². The van der Waals surface area contributed by atoms with Crippen LogP contribution in [0.25, 0.3) is 10.9 Å². The highest BCUT2D eigenvalue weighted by molar-refractivity contribution is 5.80. The lowest BCUT2D eigenvalue weighted by molar-refractivity contribution is 0.880. The summed E-state index contributed by atoms with van der Waals surface area (Å²) in [4.78, 5) is 4.62. The Kier molecular flexibility index (Phi) is 3.25. The molecule has 3 aromatic rings. The van der Waals surface area contributed by atoms with Crippen LogP contribution in [0, 0.1) is 0 Å². The molecule has 0 amide bonds. The van der Waals surface area contributed by atoms with Crippen molar-refractivity contribution in [2.24, 2.45) is 0 Å². The number of nitrogens with two attached hydrogens (primary N) is 1. The number of anilines is 2. The molecule has 0 radical (unpaired) electrons. The number of pyridine rings is 1. The van der Waals surface area contributed by atoms with E-state index in [2.05, 4.69) is 29.4 Å². The van der Waals surface area contributed by atoms with Crippen LogP contribution < -0.4 is 11.1 Å². The van der Waals surface area contributed by atoms with E-state index in [1.54, 1.807) is 0 Å². The Morgan fingerprint density at radius 2 is 1.70 bits per heavy atom. The first-order chi connectivity index (χ1) is 9.74. The third-order valence-electron chi connectivity index (χ3n) is 3.43. The van der Waals surface area contributed by atoms with Crippen LogP contribution >= 0.6 is 0 Å². The predicted molar refractivity (Wildman–Crippen MR) is 84.6 cm³/mol. The lowest BCUT2D eigenvalue weighted by Crippen LogP contribution is -2.10. The average Bonchev–Trinajstić information content (AvgIpc) is 2.47. The molecule has 0 spiro atoms. The second-order valence-electron chi connectivity index (χ2n) is 4.88. The molecule has 0 bridgehead atoms. The average molecular weight is 263 g/mol. The zero-order valence-corrected chi connectivity index (χ0v) is 11.4. The zero-order valence-electron chi connectivity index (χ0n) is 11.4. The highest BCUT2D eigenvalue weighted by atomic mass is 15.0. The van der Waals surface area contributed by atoms with Crippen LogP contribution in [0.2, 0.25) is 0 Å². The molecular formula is C17H17N3. The van der Waals surface area contributed by atoms with Gasteiger partial charge in [-0.1, -0.05) is 36.4 Å². The lowest BCUT2D eigenvalue weighted by Gasteiger charge is -2.17. The number of aromatic nitrogens is 1. The molecule has 1 heterocycles.